The number of carbonyl (C=O) groups is 1. The van der Waals surface area contributed by atoms with E-state index < -0.39 is 0 Å². The molecular formula is C12H25ClN2O2. The summed E-state index contributed by atoms with van der Waals surface area (Å²) < 4.78 is 5.33. The number of nitrogens with one attached hydrogen (secondary N) is 1. The molecule has 0 radical (unpaired) electrons. The van der Waals surface area contributed by atoms with Crippen LogP contribution in [0.1, 0.15) is 39.5 Å². The lowest BCUT2D eigenvalue weighted by atomic mass is 9.90. The van der Waals surface area contributed by atoms with Crippen LogP contribution in [-0.2, 0) is 9.53 Å². The summed E-state index contributed by atoms with van der Waals surface area (Å²) in [5.74, 6) is 0.643. The highest BCUT2D eigenvalue weighted by Crippen LogP contribution is 2.20. The first-order valence-corrected chi connectivity index (χ1v) is 6.26. The summed E-state index contributed by atoms with van der Waals surface area (Å²) in [6.07, 6.45) is 3.50. The second-order valence-electron chi connectivity index (χ2n) is 4.71. The number of carbonyl (C=O) groups excluding carboxylic acids is 1. The highest BCUT2D eigenvalue weighted by molar-refractivity contribution is 5.85. The zero-order chi connectivity index (χ0) is 12.0. The molecule has 1 heterocycles. The second-order valence-corrected chi connectivity index (χ2v) is 4.71. The lowest BCUT2D eigenvalue weighted by Gasteiger charge is -2.30. The van der Waals surface area contributed by atoms with Gasteiger partial charge in [-0.15, -0.1) is 12.4 Å². The van der Waals surface area contributed by atoms with E-state index in [-0.39, 0.29) is 30.4 Å². The smallest absolute Gasteiger partial charge is 0.221 e. The topological polar surface area (TPSA) is 64.4 Å². The SMILES string of the molecule is CCC(NC(=O)CC(C)N)C1CCOCC1.Cl. The second kappa shape index (κ2) is 8.72. The first-order valence-electron chi connectivity index (χ1n) is 6.26. The Hall–Kier alpha value is -0.320. The van der Waals surface area contributed by atoms with Crippen LogP contribution >= 0.6 is 12.4 Å². The fourth-order valence-electron chi connectivity index (χ4n) is 2.23. The van der Waals surface area contributed by atoms with Crippen LogP contribution in [0.5, 0.6) is 0 Å². The maximum atomic E-state index is 11.6. The summed E-state index contributed by atoms with van der Waals surface area (Å²) in [4.78, 5) is 11.6. The maximum absolute atomic E-state index is 11.6. The van der Waals surface area contributed by atoms with E-state index in [4.69, 9.17) is 10.5 Å². The summed E-state index contributed by atoms with van der Waals surface area (Å²) in [5.41, 5.74) is 5.61. The van der Waals surface area contributed by atoms with Crippen LogP contribution in [0.15, 0.2) is 0 Å². The highest BCUT2D eigenvalue weighted by atomic mass is 35.5. The minimum absolute atomic E-state index is 0. The molecule has 2 atom stereocenters. The number of amides is 1. The van der Waals surface area contributed by atoms with Crippen LogP contribution in [0.25, 0.3) is 0 Å². The van der Waals surface area contributed by atoms with Crippen molar-refractivity contribution in [3.05, 3.63) is 0 Å². The van der Waals surface area contributed by atoms with Crippen LogP contribution in [0.2, 0.25) is 0 Å². The average Bonchev–Trinajstić information content (AvgIpc) is 2.26. The fourth-order valence-corrected chi connectivity index (χ4v) is 2.23. The van der Waals surface area contributed by atoms with Crippen molar-refractivity contribution in [3.8, 4) is 0 Å². The predicted octanol–water partition coefficient (Wildman–Crippen LogP) is 1.47. The molecule has 17 heavy (non-hydrogen) atoms. The molecule has 1 aliphatic heterocycles. The van der Waals surface area contributed by atoms with Crippen LogP contribution in [0.3, 0.4) is 0 Å². The summed E-state index contributed by atoms with van der Waals surface area (Å²) in [6.45, 7) is 5.62. The number of rotatable bonds is 5. The molecule has 1 amide bonds. The minimum atomic E-state index is -0.0628. The summed E-state index contributed by atoms with van der Waals surface area (Å²) >= 11 is 0. The Morgan fingerprint density at radius 2 is 2.06 bits per heavy atom. The molecule has 0 spiro atoms. The molecule has 0 saturated carbocycles. The Morgan fingerprint density at radius 1 is 1.47 bits per heavy atom. The van der Waals surface area contributed by atoms with Crippen molar-refractivity contribution in [2.75, 3.05) is 13.2 Å². The molecule has 0 bridgehead atoms. The van der Waals surface area contributed by atoms with Gasteiger partial charge in [0.1, 0.15) is 0 Å². The Balaban J connectivity index is 0.00000256. The van der Waals surface area contributed by atoms with Crippen molar-refractivity contribution in [1.29, 1.82) is 0 Å². The highest BCUT2D eigenvalue weighted by Gasteiger charge is 2.24. The van der Waals surface area contributed by atoms with Gasteiger partial charge in [-0.2, -0.15) is 0 Å². The van der Waals surface area contributed by atoms with Crippen molar-refractivity contribution >= 4 is 18.3 Å². The van der Waals surface area contributed by atoms with Crippen LogP contribution < -0.4 is 11.1 Å². The zero-order valence-corrected chi connectivity index (χ0v) is 11.6. The van der Waals surface area contributed by atoms with Gasteiger partial charge in [0.15, 0.2) is 0 Å². The molecule has 2 unspecified atom stereocenters. The van der Waals surface area contributed by atoms with E-state index in [1.54, 1.807) is 0 Å². The Kier molecular flexibility index (Phi) is 8.56. The maximum Gasteiger partial charge on any atom is 0.221 e. The summed E-state index contributed by atoms with van der Waals surface area (Å²) in [5, 5.41) is 3.09. The van der Waals surface area contributed by atoms with Gasteiger partial charge in [-0.05, 0) is 32.1 Å². The predicted molar refractivity (Wildman–Crippen MR) is 71.3 cm³/mol. The lowest BCUT2D eigenvalue weighted by molar-refractivity contribution is -0.122. The quantitative estimate of drug-likeness (QED) is 0.790. The van der Waals surface area contributed by atoms with E-state index in [0.29, 0.717) is 12.3 Å². The lowest BCUT2D eigenvalue weighted by Crippen LogP contribution is -2.43. The van der Waals surface area contributed by atoms with E-state index in [1.165, 1.54) is 0 Å². The van der Waals surface area contributed by atoms with E-state index >= 15 is 0 Å². The number of hydrogen-bond donors (Lipinski definition) is 2. The van der Waals surface area contributed by atoms with Gasteiger partial charge in [-0.25, -0.2) is 0 Å². The van der Waals surface area contributed by atoms with Crippen LogP contribution in [0.4, 0.5) is 0 Å². The molecule has 5 heteroatoms. The van der Waals surface area contributed by atoms with Crippen molar-refractivity contribution < 1.29 is 9.53 Å². The molecule has 1 fully saturated rings. The minimum Gasteiger partial charge on any atom is -0.381 e. The standard InChI is InChI=1S/C12H24N2O2.ClH/c1-3-11(10-4-6-16-7-5-10)14-12(15)8-9(2)13;/h9-11H,3-8,13H2,1-2H3,(H,14,15);1H. The first-order chi connectivity index (χ1) is 7.63. The number of hydrogen-bond acceptors (Lipinski definition) is 3. The molecule has 3 N–H and O–H groups in total. The normalized spacial score (nSPS) is 20.2. The van der Waals surface area contributed by atoms with E-state index in [0.717, 1.165) is 32.5 Å². The Bertz CT molecular complexity index is 219. The molecule has 0 aromatic carbocycles. The molecule has 0 aromatic rings. The van der Waals surface area contributed by atoms with Crippen molar-refractivity contribution in [1.82, 2.24) is 5.32 Å². The van der Waals surface area contributed by atoms with E-state index in [2.05, 4.69) is 12.2 Å². The van der Waals surface area contributed by atoms with Gasteiger partial charge in [-0.3, -0.25) is 4.79 Å². The largest absolute Gasteiger partial charge is 0.381 e. The molecule has 0 aromatic heterocycles. The van der Waals surface area contributed by atoms with Gasteiger partial charge in [0.05, 0.1) is 0 Å². The summed E-state index contributed by atoms with van der Waals surface area (Å²) in [6, 6.07) is 0.224. The van der Waals surface area contributed by atoms with Gasteiger partial charge in [0.25, 0.3) is 0 Å². The van der Waals surface area contributed by atoms with Gasteiger partial charge in [0, 0.05) is 31.7 Å². The number of halogens is 1. The number of ether oxygens (including phenoxy) is 1. The van der Waals surface area contributed by atoms with Crippen LogP contribution in [0, 0.1) is 5.92 Å². The number of nitrogens with two attached hydrogens (primary N) is 1. The molecule has 0 aliphatic carbocycles. The van der Waals surface area contributed by atoms with Crippen molar-refractivity contribution in [2.24, 2.45) is 11.7 Å². The van der Waals surface area contributed by atoms with Gasteiger partial charge in [-0.1, -0.05) is 6.92 Å². The third-order valence-corrected chi connectivity index (χ3v) is 3.13. The van der Waals surface area contributed by atoms with Crippen LogP contribution in [-0.4, -0.2) is 31.2 Å². The van der Waals surface area contributed by atoms with Gasteiger partial charge >= 0.3 is 0 Å². The summed E-state index contributed by atoms with van der Waals surface area (Å²) in [7, 11) is 0. The fraction of sp³-hybridized carbons (Fsp3) is 0.917. The third-order valence-electron chi connectivity index (χ3n) is 3.13. The van der Waals surface area contributed by atoms with Crippen molar-refractivity contribution in [3.63, 3.8) is 0 Å². The molecular weight excluding hydrogens is 240 g/mol. The average molecular weight is 265 g/mol. The first kappa shape index (κ1) is 16.7. The van der Waals surface area contributed by atoms with Gasteiger partial charge < -0.3 is 15.8 Å². The Labute approximate surface area is 110 Å². The van der Waals surface area contributed by atoms with E-state index in [1.807, 2.05) is 6.92 Å². The molecule has 4 nitrogen and oxygen atoms in total. The molecule has 102 valence electrons. The van der Waals surface area contributed by atoms with E-state index in [9.17, 15) is 4.79 Å². The molecule has 1 aliphatic rings. The monoisotopic (exact) mass is 264 g/mol. The Morgan fingerprint density at radius 3 is 2.53 bits per heavy atom. The van der Waals surface area contributed by atoms with Gasteiger partial charge in [0.2, 0.25) is 5.91 Å². The zero-order valence-electron chi connectivity index (χ0n) is 10.8. The molecule has 1 rings (SSSR count). The van der Waals surface area contributed by atoms with Crippen molar-refractivity contribution in [2.45, 2.75) is 51.6 Å². The third kappa shape index (κ3) is 6.24. The molecule has 1 saturated heterocycles.